The Morgan fingerprint density at radius 1 is 1.88 bits per heavy atom. The van der Waals surface area contributed by atoms with Crippen molar-refractivity contribution in [1.29, 1.82) is 0 Å². The van der Waals surface area contributed by atoms with Gasteiger partial charge in [0.15, 0.2) is 0 Å². The molecule has 0 radical (unpaired) electrons. The Labute approximate surface area is 46.3 Å². The monoisotopic (exact) mass is 111 g/mol. The van der Waals surface area contributed by atoms with Gasteiger partial charge in [-0.3, -0.25) is 4.79 Å². The molecule has 0 aromatic carbocycles. The first kappa shape index (κ1) is 5.03. The lowest BCUT2D eigenvalue weighted by Crippen LogP contribution is -1.72. The molecule has 0 fully saturated rings. The van der Waals surface area contributed by atoms with Crippen LogP contribution in [0.3, 0.4) is 0 Å². The van der Waals surface area contributed by atoms with Gasteiger partial charge in [-0.15, -0.1) is 0 Å². The zero-order valence-corrected chi connectivity index (χ0v) is 4.42. The molecule has 1 heterocycles. The normalized spacial score (nSPS) is 9.12. The summed E-state index contributed by atoms with van der Waals surface area (Å²) >= 11 is 0. The van der Waals surface area contributed by atoms with Gasteiger partial charge in [0.1, 0.15) is 5.76 Å². The van der Waals surface area contributed by atoms with Gasteiger partial charge in [-0.1, -0.05) is 0 Å². The van der Waals surface area contributed by atoms with Crippen molar-refractivity contribution in [2.24, 2.45) is 0 Å². The van der Waals surface area contributed by atoms with E-state index in [0.717, 1.165) is 0 Å². The topological polar surface area (TPSA) is 43.1 Å². The molecule has 3 heteroatoms. The maximum absolute atomic E-state index is 9.86. The molecule has 0 aliphatic rings. The predicted molar refractivity (Wildman–Crippen MR) is 26.6 cm³/mol. The number of aldehydes is 1. The van der Waals surface area contributed by atoms with Crippen molar-refractivity contribution in [3.05, 3.63) is 17.8 Å². The van der Waals surface area contributed by atoms with Crippen molar-refractivity contribution in [3.8, 4) is 0 Å². The summed E-state index contributed by atoms with van der Waals surface area (Å²) in [4.78, 5) is 13.5. The molecule has 0 bridgehead atoms. The lowest BCUT2D eigenvalue weighted by atomic mass is 10.6. The Hall–Kier alpha value is -1.12. The van der Waals surface area contributed by atoms with Gasteiger partial charge in [0.2, 0.25) is 6.29 Å². The van der Waals surface area contributed by atoms with Crippen LogP contribution in [-0.2, 0) is 0 Å². The number of hydrogen-bond acceptors (Lipinski definition) is 3. The molecule has 0 N–H and O–H groups in total. The van der Waals surface area contributed by atoms with E-state index >= 15 is 0 Å². The summed E-state index contributed by atoms with van der Waals surface area (Å²) in [5.41, 5.74) is 0. The Morgan fingerprint density at radius 3 is 2.88 bits per heavy atom. The third-order valence-corrected chi connectivity index (χ3v) is 0.740. The van der Waals surface area contributed by atoms with Crippen LogP contribution in [0.4, 0.5) is 0 Å². The highest BCUT2D eigenvalue weighted by Crippen LogP contribution is 1.96. The van der Waals surface area contributed by atoms with Gasteiger partial charge in [0.05, 0.1) is 6.20 Å². The van der Waals surface area contributed by atoms with E-state index in [2.05, 4.69) is 4.98 Å². The molecule has 0 amide bonds. The quantitative estimate of drug-likeness (QED) is 0.503. The smallest absolute Gasteiger partial charge is 0.259 e. The first-order valence-electron chi connectivity index (χ1n) is 2.20. The van der Waals surface area contributed by atoms with Gasteiger partial charge in [-0.05, 0) is 6.92 Å². The standard InChI is InChI=1S/C5H5NO2/c1-4-2-6-5(3-7)8-4/h2-3H,1H3. The summed E-state index contributed by atoms with van der Waals surface area (Å²) in [5, 5.41) is 0. The van der Waals surface area contributed by atoms with E-state index < -0.39 is 0 Å². The molecule has 0 saturated heterocycles. The van der Waals surface area contributed by atoms with Crippen LogP contribution >= 0.6 is 0 Å². The molecule has 0 aliphatic carbocycles. The van der Waals surface area contributed by atoms with E-state index in [-0.39, 0.29) is 5.89 Å². The largest absolute Gasteiger partial charge is 0.439 e. The second-order valence-electron chi connectivity index (χ2n) is 1.43. The molecule has 3 nitrogen and oxygen atoms in total. The van der Waals surface area contributed by atoms with E-state index in [1.807, 2.05) is 0 Å². The molecule has 0 unspecified atom stereocenters. The van der Waals surface area contributed by atoms with Crippen LogP contribution in [0.2, 0.25) is 0 Å². The highest BCUT2D eigenvalue weighted by molar-refractivity contribution is 5.67. The van der Waals surface area contributed by atoms with E-state index in [0.29, 0.717) is 12.0 Å². The summed E-state index contributed by atoms with van der Waals surface area (Å²) in [7, 11) is 0. The van der Waals surface area contributed by atoms with Crippen LogP contribution in [0, 0.1) is 6.92 Å². The summed E-state index contributed by atoms with van der Waals surface area (Å²) in [6.07, 6.45) is 2.08. The lowest BCUT2D eigenvalue weighted by Gasteiger charge is -1.72. The first-order chi connectivity index (χ1) is 3.83. The van der Waals surface area contributed by atoms with Gasteiger partial charge in [0.25, 0.3) is 5.89 Å². The number of aromatic nitrogens is 1. The zero-order valence-electron chi connectivity index (χ0n) is 4.42. The first-order valence-corrected chi connectivity index (χ1v) is 2.20. The molecule has 1 rings (SSSR count). The van der Waals surface area contributed by atoms with Gasteiger partial charge in [0, 0.05) is 0 Å². The lowest BCUT2D eigenvalue weighted by molar-refractivity contribution is 0.109. The van der Waals surface area contributed by atoms with Crippen molar-refractivity contribution in [3.63, 3.8) is 0 Å². The summed E-state index contributed by atoms with van der Waals surface area (Å²) < 4.78 is 4.75. The number of nitrogens with zero attached hydrogens (tertiary/aromatic N) is 1. The highest BCUT2D eigenvalue weighted by Gasteiger charge is 1.93. The van der Waals surface area contributed by atoms with Crippen LogP contribution in [0.15, 0.2) is 10.6 Å². The fraction of sp³-hybridized carbons (Fsp3) is 0.200. The van der Waals surface area contributed by atoms with Crippen molar-refractivity contribution >= 4 is 6.29 Å². The number of hydrogen-bond donors (Lipinski definition) is 0. The number of oxazole rings is 1. The molecule has 0 atom stereocenters. The number of rotatable bonds is 1. The van der Waals surface area contributed by atoms with Gasteiger partial charge >= 0.3 is 0 Å². The van der Waals surface area contributed by atoms with Crippen LogP contribution in [0.5, 0.6) is 0 Å². The van der Waals surface area contributed by atoms with Gasteiger partial charge in [-0.25, -0.2) is 4.98 Å². The summed E-state index contributed by atoms with van der Waals surface area (Å²) in [6, 6.07) is 0. The average Bonchev–Trinajstić information content (AvgIpc) is 2.14. The van der Waals surface area contributed by atoms with E-state index in [1.165, 1.54) is 6.20 Å². The molecule has 0 aliphatic heterocycles. The summed E-state index contributed by atoms with van der Waals surface area (Å²) in [6.45, 7) is 1.74. The molecular formula is C5H5NO2. The van der Waals surface area contributed by atoms with Crippen molar-refractivity contribution in [2.75, 3.05) is 0 Å². The molecule has 42 valence electrons. The van der Waals surface area contributed by atoms with Crippen LogP contribution in [-0.4, -0.2) is 11.3 Å². The van der Waals surface area contributed by atoms with Crippen molar-refractivity contribution in [2.45, 2.75) is 6.92 Å². The van der Waals surface area contributed by atoms with Gasteiger partial charge < -0.3 is 4.42 Å². The minimum atomic E-state index is 0.141. The minimum Gasteiger partial charge on any atom is -0.439 e. The van der Waals surface area contributed by atoms with Crippen LogP contribution < -0.4 is 0 Å². The third kappa shape index (κ3) is 0.753. The maximum Gasteiger partial charge on any atom is 0.259 e. The number of carbonyl (C=O) groups excluding carboxylic acids is 1. The van der Waals surface area contributed by atoms with E-state index in [9.17, 15) is 4.79 Å². The molecule has 0 saturated carbocycles. The Kier molecular flexibility index (Phi) is 1.12. The molecule has 1 aromatic heterocycles. The van der Waals surface area contributed by atoms with Crippen molar-refractivity contribution < 1.29 is 9.21 Å². The fourth-order valence-corrected chi connectivity index (χ4v) is 0.427. The second-order valence-corrected chi connectivity index (χ2v) is 1.43. The molecule has 8 heavy (non-hydrogen) atoms. The highest BCUT2D eigenvalue weighted by atomic mass is 16.4. The Morgan fingerprint density at radius 2 is 2.62 bits per heavy atom. The van der Waals surface area contributed by atoms with Crippen LogP contribution in [0.1, 0.15) is 16.4 Å². The minimum absolute atomic E-state index is 0.141. The summed E-state index contributed by atoms with van der Waals surface area (Å²) in [5.74, 6) is 0.801. The third-order valence-electron chi connectivity index (χ3n) is 0.740. The second kappa shape index (κ2) is 1.78. The maximum atomic E-state index is 9.86. The molecular weight excluding hydrogens is 106 g/mol. The Balaban J connectivity index is 3.00. The number of carbonyl (C=O) groups is 1. The fourth-order valence-electron chi connectivity index (χ4n) is 0.427. The van der Waals surface area contributed by atoms with Gasteiger partial charge in [-0.2, -0.15) is 0 Å². The van der Waals surface area contributed by atoms with E-state index in [4.69, 9.17) is 4.42 Å². The number of aryl methyl sites for hydroxylation is 1. The zero-order chi connectivity index (χ0) is 5.98. The van der Waals surface area contributed by atoms with Crippen molar-refractivity contribution in [1.82, 2.24) is 4.98 Å². The molecule has 0 spiro atoms. The van der Waals surface area contributed by atoms with Crippen LogP contribution in [0.25, 0.3) is 0 Å². The molecule has 1 aromatic rings. The SMILES string of the molecule is Cc1cnc(C=O)o1. The average molecular weight is 111 g/mol. The van der Waals surface area contributed by atoms with E-state index in [1.54, 1.807) is 6.92 Å². The Bertz CT molecular complexity index is 192. The predicted octanol–water partition coefficient (Wildman–Crippen LogP) is 0.796.